The monoisotopic (exact) mass is 356 g/mol. The molecule has 3 aliphatic carbocycles. The normalized spacial score (nSPS) is 37.6. The molecule has 3 rings (SSSR count). The summed E-state index contributed by atoms with van der Waals surface area (Å²) in [5.41, 5.74) is 4.28. The number of fused-ring (bicyclic) bond motifs is 1. The summed E-state index contributed by atoms with van der Waals surface area (Å²) < 4.78 is 6.06. The largest absolute Gasteiger partial charge is 0.493 e. The summed E-state index contributed by atoms with van der Waals surface area (Å²) in [4.78, 5) is 0. The summed E-state index contributed by atoms with van der Waals surface area (Å²) in [6, 6.07) is 0. The lowest BCUT2D eigenvalue weighted by Gasteiger charge is -2.40. The summed E-state index contributed by atoms with van der Waals surface area (Å²) in [6.45, 7) is 12.9. The standard InChI is InChI=1S/C23H32O3/c1-15(2)14-26-22-10-9-20-17(6-5-11-23(20,22)4)7-8-18-12-19(24)13-21(25)16(18)3/h7-8,10,19-21,24-25H,1,3,5-6,9,11-14H2,2,4H3/b17-7+,18-8-/t19-,20+,21+,23+/m1/s1. The third kappa shape index (κ3) is 3.74. The van der Waals surface area contributed by atoms with Crippen LogP contribution in [0.15, 0.2) is 59.4 Å². The van der Waals surface area contributed by atoms with Crippen molar-refractivity contribution in [1.29, 1.82) is 0 Å². The molecule has 0 aromatic heterocycles. The van der Waals surface area contributed by atoms with Gasteiger partial charge in [-0.05, 0) is 67.7 Å². The maximum atomic E-state index is 10.0. The average molecular weight is 357 g/mol. The number of aliphatic hydroxyl groups is 2. The predicted molar refractivity (Wildman–Crippen MR) is 105 cm³/mol. The van der Waals surface area contributed by atoms with Crippen LogP contribution in [0.1, 0.15) is 52.4 Å². The molecule has 0 aromatic rings. The Balaban J connectivity index is 1.78. The average Bonchev–Trinajstić information content (AvgIpc) is 2.91. The maximum Gasteiger partial charge on any atom is 0.108 e. The van der Waals surface area contributed by atoms with E-state index in [0.717, 1.165) is 48.2 Å². The molecule has 0 heterocycles. The van der Waals surface area contributed by atoms with Gasteiger partial charge in [-0.2, -0.15) is 0 Å². The van der Waals surface area contributed by atoms with Crippen LogP contribution in [0.2, 0.25) is 0 Å². The van der Waals surface area contributed by atoms with Crippen LogP contribution in [-0.4, -0.2) is 29.0 Å². The summed E-state index contributed by atoms with van der Waals surface area (Å²) in [5.74, 6) is 1.59. The highest BCUT2D eigenvalue weighted by Gasteiger charge is 2.46. The molecule has 0 radical (unpaired) electrons. The van der Waals surface area contributed by atoms with Crippen molar-refractivity contribution in [2.24, 2.45) is 11.3 Å². The van der Waals surface area contributed by atoms with E-state index in [9.17, 15) is 10.2 Å². The lowest BCUT2D eigenvalue weighted by Crippen LogP contribution is -2.31. The molecular formula is C23H32O3. The number of aliphatic hydroxyl groups excluding tert-OH is 2. The van der Waals surface area contributed by atoms with Gasteiger partial charge in [-0.15, -0.1) is 0 Å². The Morgan fingerprint density at radius 1 is 1.38 bits per heavy atom. The van der Waals surface area contributed by atoms with E-state index in [1.54, 1.807) is 0 Å². The van der Waals surface area contributed by atoms with E-state index in [0.29, 0.717) is 25.4 Å². The van der Waals surface area contributed by atoms with Crippen molar-refractivity contribution in [2.45, 2.75) is 64.6 Å². The topological polar surface area (TPSA) is 49.7 Å². The van der Waals surface area contributed by atoms with E-state index < -0.39 is 12.2 Å². The molecule has 3 nitrogen and oxygen atoms in total. The highest BCUT2D eigenvalue weighted by Crippen LogP contribution is 2.55. The third-order valence-corrected chi connectivity index (χ3v) is 6.22. The fourth-order valence-electron chi connectivity index (χ4n) is 4.67. The minimum atomic E-state index is -0.629. The molecule has 3 heteroatoms. The molecule has 0 unspecified atom stereocenters. The second kappa shape index (κ2) is 7.58. The number of rotatable bonds is 4. The van der Waals surface area contributed by atoms with Crippen LogP contribution < -0.4 is 0 Å². The zero-order valence-electron chi connectivity index (χ0n) is 16.1. The van der Waals surface area contributed by atoms with Gasteiger partial charge >= 0.3 is 0 Å². The zero-order valence-corrected chi connectivity index (χ0v) is 16.1. The van der Waals surface area contributed by atoms with Crippen molar-refractivity contribution < 1.29 is 14.9 Å². The first-order chi connectivity index (χ1) is 12.3. The lowest BCUT2D eigenvalue weighted by molar-refractivity contribution is 0.0862. The van der Waals surface area contributed by atoms with Gasteiger partial charge in [0.1, 0.15) is 6.61 Å². The van der Waals surface area contributed by atoms with Crippen LogP contribution in [0.5, 0.6) is 0 Å². The van der Waals surface area contributed by atoms with Crippen molar-refractivity contribution in [1.82, 2.24) is 0 Å². The Labute approximate surface area is 157 Å². The van der Waals surface area contributed by atoms with Gasteiger partial charge in [0.25, 0.3) is 0 Å². The molecule has 0 aliphatic heterocycles. The lowest BCUT2D eigenvalue weighted by atomic mass is 9.66. The first kappa shape index (κ1) is 19.2. The Bertz CT molecular complexity index is 682. The van der Waals surface area contributed by atoms with E-state index in [-0.39, 0.29) is 5.41 Å². The summed E-state index contributed by atoms with van der Waals surface area (Å²) in [7, 11) is 0. The van der Waals surface area contributed by atoms with E-state index in [4.69, 9.17) is 4.74 Å². The summed E-state index contributed by atoms with van der Waals surface area (Å²) in [6.07, 6.45) is 10.8. The molecule has 0 spiro atoms. The quantitative estimate of drug-likeness (QED) is 0.724. The molecule has 0 saturated heterocycles. The minimum absolute atomic E-state index is 0.0701. The van der Waals surface area contributed by atoms with Gasteiger partial charge in [-0.3, -0.25) is 0 Å². The molecule has 0 amide bonds. The van der Waals surface area contributed by atoms with Crippen molar-refractivity contribution in [2.75, 3.05) is 6.61 Å². The first-order valence-corrected chi connectivity index (χ1v) is 9.74. The van der Waals surface area contributed by atoms with Crippen LogP contribution in [0, 0.1) is 11.3 Å². The zero-order chi connectivity index (χ0) is 18.9. The summed E-state index contributed by atoms with van der Waals surface area (Å²) >= 11 is 0. The molecule has 0 aromatic carbocycles. The Kier molecular flexibility index (Phi) is 5.59. The first-order valence-electron chi connectivity index (χ1n) is 9.74. The van der Waals surface area contributed by atoms with Crippen molar-refractivity contribution in [3.63, 3.8) is 0 Å². The second-order valence-electron chi connectivity index (χ2n) is 8.44. The van der Waals surface area contributed by atoms with Gasteiger partial charge in [0.15, 0.2) is 0 Å². The molecule has 2 N–H and O–H groups in total. The molecule has 3 aliphatic rings. The second-order valence-corrected chi connectivity index (χ2v) is 8.44. The highest BCUT2D eigenvalue weighted by atomic mass is 16.5. The molecule has 26 heavy (non-hydrogen) atoms. The number of ether oxygens (including phenoxy) is 1. The van der Waals surface area contributed by atoms with Gasteiger partial charge < -0.3 is 14.9 Å². The van der Waals surface area contributed by atoms with Gasteiger partial charge in [0, 0.05) is 11.8 Å². The number of hydrogen-bond donors (Lipinski definition) is 2. The van der Waals surface area contributed by atoms with Crippen LogP contribution in [-0.2, 0) is 4.74 Å². The van der Waals surface area contributed by atoms with Crippen LogP contribution in [0.4, 0.5) is 0 Å². The Morgan fingerprint density at radius 2 is 2.15 bits per heavy atom. The maximum absolute atomic E-state index is 10.0. The Morgan fingerprint density at radius 3 is 2.88 bits per heavy atom. The SMILES string of the molecule is C=C(C)COC1=CC[C@H]2/C(=C/C=C3/C[C@@H](O)C[C@H](O)C3=C)CCC[C@]12C. The van der Waals surface area contributed by atoms with Crippen LogP contribution >= 0.6 is 0 Å². The third-order valence-electron chi connectivity index (χ3n) is 6.22. The van der Waals surface area contributed by atoms with Crippen LogP contribution in [0.3, 0.4) is 0 Å². The van der Waals surface area contributed by atoms with Gasteiger partial charge in [0.2, 0.25) is 0 Å². The molecule has 2 saturated carbocycles. The Hall–Kier alpha value is -1.58. The van der Waals surface area contributed by atoms with Crippen molar-refractivity contribution in [3.05, 3.63) is 59.4 Å². The van der Waals surface area contributed by atoms with E-state index >= 15 is 0 Å². The molecular weight excluding hydrogens is 324 g/mol. The van der Waals surface area contributed by atoms with Gasteiger partial charge in [0.05, 0.1) is 18.0 Å². The summed E-state index contributed by atoms with van der Waals surface area (Å²) in [5, 5.41) is 20.0. The number of allylic oxidation sites excluding steroid dienone is 5. The molecule has 4 atom stereocenters. The van der Waals surface area contributed by atoms with E-state index in [1.807, 2.05) is 6.92 Å². The van der Waals surface area contributed by atoms with Crippen LogP contribution in [0.25, 0.3) is 0 Å². The predicted octanol–water partition coefficient (Wildman–Crippen LogP) is 4.60. The van der Waals surface area contributed by atoms with Gasteiger partial charge in [-0.25, -0.2) is 0 Å². The van der Waals surface area contributed by atoms with Crippen molar-refractivity contribution >= 4 is 0 Å². The fraction of sp³-hybridized carbons (Fsp3) is 0.565. The van der Waals surface area contributed by atoms with Gasteiger partial charge in [-0.1, -0.05) is 37.8 Å². The molecule has 142 valence electrons. The fourth-order valence-corrected chi connectivity index (χ4v) is 4.67. The minimum Gasteiger partial charge on any atom is -0.493 e. The molecule has 2 fully saturated rings. The smallest absolute Gasteiger partial charge is 0.108 e. The van der Waals surface area contributed by atoms with E-state index in [2.05, 4.69) is 38.3 Å². The highest BCUT2D eigenvalue weighted by molar-refractivity contribution is 5.39. The van der Waals surface area contributed by atoms with E-state index in [1.165, 1.54) is 5.57 Å². The van der Waals surface area contributed by atoms with Crippen molar-refractivity contribution in [3.8, 4) is 0 Å². The number of hydrogen-bond acceptors (Lipinski definition) is 3. The molecule has 0 bridgehead atoms.